The monoisotopic (exact) mass is 297 g/mol. The van der Waals surface area contributed by atoms with Crippen LogP contribution in [-0.2, 0) is 11.3 Å². The number of amides is 1. The van der Waals surface area contributed by atoms with Gasteiger partial charge in [0.05, 0.1) is 16.3 Å². The van der Waals surface area contributed by atoms with E-state index in [1.165, 1.54) is 11.8 Å². The molecule has 1 heterocycles. The van der Waals surface area contributed by atoms with Crippen LogP contribution < -0.4 is 5.73 Å². The highest BCUT2D eigenvalue weighted by molar-refractivity contribution is 8.00. The number of fused-ring (bicyclic) bond motifs is 1. The second kappa shape index (κ2) is 5.84. The molecule has 0 radical (unpaired) electrons. The molecule has 0 aliphatic carbocycles. The molecule has 1 unspecified atom stereocenters. The fraction of sp³-hybridized carbons (Fsp3) is 0.385. The Kier molecular flexibility index (Phi) is 4.37. The molecule has 1 amide bonds. The van der Waals surface area contributed by atoms with Crippen LogP contribution in [0.25, 0.3) is 11.0 Å². The summed E-state index contributed by atoms with van der Waals surface area (Å²) >= 11 is 7.37. The summed E-state index contributed by atoms with van der Waals surface area (Å²) in [7, 11) is 0. The van der Waals surface area contributed by atoms with Crippen molar-refractivity contribution >= 4 is 40.3 Å². The van der Waals surface area contributed by atoms with E-state index in [-0.39, 0.29) is 11.2 Å². The molecule has 19 heavy (non-hydrogen) atoms. The van der Waals surface area contributed by atoms with Gasteiger partial charge in [0.25, 0.3) is 0 Å². The van der Waals surface area contributed by atoms with Crippen LogP contribution in [-0.4, -0.2) is 20.7 Å². The number of carbonyl (C=O) groups excluding carboxylic acids is 1. The van der Waals surface area contributed by atoms with Gasteiger partial charge in [-0.3, -0.25) is 4.79 Å². The van der Waals surface area contributed by atoms with Crippen molar-refractivity contribution in [2.24, 2.45) is 5.73 Å². The second-order valence-corrected chi connectivity index (χ2v) is 6.09. The van der Waals surface area contributed by atoms with E-state index in [4.69, 9.17) is 17.3 Å². The third-order valence-corrected chi connectivity index (χ3v) is 4.15. The molecule has 0 aliphatic rings. The van der Waals surface area contributed by atoms with Crippen LogP contribution in [0.2, 0.25) is 5.02 Å². The number of aromatic nitrogens is 2. The smallest absolute Gasteiger partial charge is 0.230 e. The van der Waals surface area contributed by atoms with Crippen LogP contribution in [0.4, 0.5) is 0 Å². The molecule has 102 valence electrons. The number of nitrogens with two attached hydrogens (primary N) is 1. The van der Waals surface area contributed by atoms with Crippen molar-refractivity contribution in [3.63, 3.8) is 0 Å². The quantitative estimate of drug-likeness (QED) is 0.863. The summed E-state index contributed by atoms with van der Waals surface area (Å²) in [4.78, 5) is 15.7. The molecule has 2 rings (SSSR count). The highest BCUT2D eigenvalue weighted by atomic mass is 35.5. The molecule has 1 atom stereocenters. The molecule has 0 aliphatic heterocycles. The van der Waals surface area contributed by atoms with Crippen LogP contribution in [0.3, 0.4) is 0 Å². The third kappa shape index (κ3) is 3.04. The molecule has 0 fully saturated rings. The first kappa shape index (κ1) is 14.2. The lowest BCUT2D eigenvalue weighted by atomic mass is 10.3. The number of nitrogens with zero attached hydrogens (tertiary/aromatic N) is 2. The average molecular weight is 298 g/mol. The van der Waals surface area contributed by atoms with Crippen LogP contribution in [0.1, 0.15) is 20.3 Å². The molecule has 2 aromatic rings. The van der Waals surface area contributed by atoms with Crippen LogP contribution in [0, 0.1) is 0 Å². The maximum Gasteiger partial charge on any atom is 0.230 e. The number of hydrogen-bond donors (Lipinski definition) is 1. The van der Waals surface area contributed by atoms with E-state index in [9.17, 15) is 4.79 Å². The number of benzene rings is 1. The Labute approximate surface area is 121 Å². The van der Waals surface area contributed by atoms with Crippen molar-refractivity contribution in [1.82, 2.24) is 9.55 Å². The number of hydrogen-bond acceptors (Lipinski definition) is 3. The molecular weight excluding hydrogens is 282 g/mol. The summed E-state index contributed by atoms with van der Waals surface area (Å²) in [6, 6.07) is 5.64. The number of aryl methyl sites for hydroxylation is 1. The number of carbonyl (C=O) groups is 1. The lowest BCUT2D eigenvalue weighted by Crippen LogP contribution is -2.23. The van der Waals surface area contributed by atoms with Gasteiger partial charge in [-0.1, -0.05) is 30.3 Å². The average Bonchev–Trinajstić information content (AvgIpc) is 2.67. The van der Waals surface area contributed by atoms with Crippen molar-refractivity contribution in [1.29, 1.82) is 0 Å². The van der Waals surface area contributed by atoms with Crippen molar-refractivity contribution < 1.29 is 4.79 Å². The Morgan fingerprint density at radius 1 is 1.58 bits per heavy atom. The fourth-order valence-electron chi connectivity index (χ4n) is 1.83. The highest BCUT2D eigenvalue weighted by Gasteiger charge is 2.17. The molecule has 0 saturated carbocycles. The molecular formula is C13H16ClN3OS. The first-order valence-corrected chi connectivity index (χ1v) is 7.40. The SMILES string of the molecule is CCCn1c(SC(C)C(N)=O)nc2cc(Cl)ccc21. The van der Waals surface area contributed by atoms with Crippen LogP contribution >= 0.6 is 23.4 Å². The standard InChI is InChI=1S/C13H16ClN3OS/c1-3-6-17-11-5-4-9(14)7-10(11)16-13(17)19-8(2)12(15)18/h4-5,7-8H,3,6H2,1-2H3,(H2,15,18). The van der Waals surface area contributed by atoms with Gasteiger partial charge in [0, 0.05) is 11.6 Å². The number of primary amides is 1. The van der Waals surface area contributed by atoms with Gasteiger partial charge < -0.3 is 10.3 Å². The maximum atomic E-state index is 11.2. The fourth-order valence-corrected chi connectivity index (χ4v) is 2.89. The van der Waals surface area contributed by atoms with Gasteiger partial charge in [0.2, 0.25) is 5.91 Å². The second-order valence-electron chi connectivity index (χ2n) is 4.34. The first-order chi connectivity index (χ1) is 9.02. The minimum Gasteiger partial charge on any atom is -0.369 e. The first-order valence-electron chi connectivity index (χ1n) is 6.14. The maximum absolute atomic E-state index is 11.2. The van der Waals surface area contributed by atoms with E-state index >= 15 is 0 Å². The van der Waals surface area contributed by atoms with E-state index in [0.29, 0.717) is 5.02 Å². The highest BCUT2D eigenvalue weighted by Crippen LogP contribution is 2.28. The van der Waals surface area contributed by atoms with Crippen LogP contribution in [0.5, 0.6) is 0 Å². The topological polar surface area (TPSA) is 60.9 Å². The molecule has 2 N–H and O–H groups in total. The summed E-state index contributed by atoms with van der Waals surface area (Å²) in [6.45, 7) is 4.75. The lowest BCUT2D eigenvalue weighted by Gasteiger charge is -2.09. The summed E-state index contributed by atoms with van der Waals surface area (Å²) in [5.74, 6) is -0.335. The van der Waals surface area contributed by atoms with Crippen molar-refractivity contribution in [3.8, 4) is 0 Å². The molecule has 0 saturated heterocycles. The molecule has 1 aromatic heterocycles. The zero-order valence-corrected chi connectivity index (χ0v) is 12.5. The summed E-state index contributed by atoms with van der Waals surface area (Å²) in [5.41, 5.74) is 7.19. The predicted octanol–water partition coefficient (Wildman–Crippen LogP) is 3.07. The number of halogens is 1. The lowest BCUT2D eigenvalue weighted by molar-refractivity contribution is -0.117. The van der Waals surface area contributed by atoms with E-state index in [1.54, 1.807) is 6.92 Å². The Morgan fingerprint density at radius 3 is 2.95 bits per heavy atom. The summed E-state index contributed by atoms with van der Waals surface area (Å²) < 4.78 is 2.11. The van der Waals surface area contributed by atoms with Gasteiger partial charge in [-0.05, 0) is 31.5 Å². The van der Waals surface area contributed by atoms with Gasteiger partial charge in [-0.15, -0.1) is 0 Å². The summed E-state index contributed by atoms with van der Waals surface area (Å²) in [5, 5.41) is 1.17. The van der Waals surface area contributed by atoms with E-state index in [0.717, 1.165) is 29.2 Å². The van der Waals surface area contributed by atoms with Crippen molar-refractivity contribution in [3.05, 3.63) is 23.2 Å². The Hall–Kier alpha value is -1.20. The normalized spacial score (nSPS) is 12.8. The Balaban J connectivity index is 2.46. The van der Waals surface area contributed by atoms with E-state index in [1.807, 2.05) is 18.2 Å². The number of thioether (sulfide) groups is 1. The van der Waals surface area contributed by atoms with Gasteiger partial charge in [-0.25, -0.2) is 4.98 Å². The number of imidazole rings is 1. The van der Waals surface area contributed by atoms with Gasteiger partial charge in [0.1, 0.15) is 0 Å². The predicted molar refractivity (Wildman–Crippen MR) is 79.5 cm³/mol. The molecule has 6 heteroatoms. The zero-order valence-electron chi connectivity index (χ0n) is 10.9. The van der Waals surface area contributed by atoms with Crippen LogP contribution in [0.15, 0.2) is 23.4 Å². The van der Waals surface area contributed by atoms with Gasteiger partial charge in [-0.2, -0.15) is 0 Å². The van der Waals surface area contributed by atoms with Gasteiger partial charge in [0.15, 0.2) is 5.16 Å². The molecule has 1 aromatic carbocycles. The largest absolute Gasteiger partial charge is 0.369 e. The Bertz CT molecular complexity index is 611. The zero-order chi connectivity index (χ0) is 14.0. The molecule has 0 spiro atoms. The van der Waals surface area contributed by atoms with Crippen molar-refractivity contribution in [2.45, 2.75) is 37.2 Å². The number of rotatable bonds is 5. The van der Waals surface area contributed by atoms with E-state index < -0.39 is 0 Å². The van der Waals surface area contributed by atoms with Crippen molar-refractivity contribution in [2.75, 3.05) is 0 Å². The molecule has 0 bridgehead atoms. The minimum absolute atomic E-state index is 0.303. The summed E-state index contributed by atoms with van der Waals surface area (Å²) in [6.07, 6.45) is 0.993. The molecule has 4 nitrogen and oxygen atoms in total. The Morgan fingerprint density at radius 2 is 2.32 bits per heavy atom. The minimum atomic E-state index is -0.335. The van der Waals surface area contributed by atoms with Gasteiger partial charge >= 0.3 is 0 Å². The van der Waals surface area contributed by atoms with E-state index in [2.05, 4.69) is 16.5 Å². The third-order valence-electron chi connectivity index (χ3n) is 2.81.